The molecule has 0 saturated carbocycles. The van der Waals surface area contributed by atoms with Gasteiger partial charge in [-0.1, -0.05) is 170 Å². The molecule has 0 spiro atoms. The first-order valence-electron chi connectivity index (χ1n) is 20.5. The topological polar surface area (TPSA) is 12.5 Å². The van der Waals surface area contributed by atoms with Crippen molar-refractivity contribution in [1.82, 2.24) is 0 Å². The van der Waals surface area contributed by atoms with Gasteiger partial charge in [-0.05, 0) is 133 Å². The third kappa shape index (κ3) is 6.61. The molecular formula is C58H39NO. The largest absolute Gasteiger partial charge is 0.456 e. The van der Waals surface area contributed by atoms with Gasteiger partial charge < -0.3 is 9.64 Å². The molecule has 0 saturated heterocycles. The third-order valence-corrected chi connectivity index (χ3v) is 11.7. The number of rotatable bonds is 7. The van der Waals surface area contributed by atoms with Crippen molar-refractivity contribution in [3.8, 4) is 78.3 Å². The molecule has 0 aliphatic carbocycles. The van der Waals surface area contributed by atoms with Crippen LogP contribution in [0, 0.1) is 0 Å². The van der Waals surface area contributed by atoms with Crippen molar-refractivity contribution < 1.29 is 4.74 Å². The minimum atomic E-state index is 0.829. The predicted octanol–water partition coefficient (Wildman–Crippen LogP) is 16.4. The average Bonchev–Trinajstić information content (AvgIpc) is 3.46. The number of nitrogens with zero attached hydrogens (tertiary/aromatic N) is 1. The normalized spacial score (nSPS) is 11.5. The van der Waals surface area contributed by atoms with Crippen LogP contribution in [-0.4, -0.2) is 0 Å². The minimum Gasteiger partial charge on any atom is -0.456 e. The number of anilines is 3. The van der Waals surface area contributed by atoms with E-state index in [9.17, 15) is 0 Å². The molecule has 2 nitrogen and oxygen atoms in total. The molecule has 0 N–H and O–H groups in total. The van der Waals surface area contributed by atoms with E-state index >= 15 is 0 Å². The van der Waals surface area contributed by atoms with Crippen molar-refractivity contribution in [2.45, 2.75) is 0 Å². The Kier molecular flexibility index (Phi) is 8.87. The van der Waals surface area contributed by atoms with Crippen LogP contribution >= 0.6 is 0 Å². The molecule has 1 aliphatic rings. The van der Waals surface area contributed by atoms with Crippen LogP contribution in [0.4, 0.5) is 17.1 Å². The Labute approximate surface area is 350 Å². The Morgan fingerprint density at radius 2 is 0.567 bits per heavy atom. The fourth-order valence-corrected chi connectivity index (χ4v) is 8.57. The molecule has 1 heterocycles. The predicted molar refractivity (Wildman–Crippen MR) is 251 cm³/mol. The van der Waals surface area contributed by atoms with Crippen LogP contribution in [0.15, 0.2) is 237 Å². The fourth-order valence-electron chi connectivity index (χ4n) is 8.57. The first kappa shape index (κ1) is 35.2. The molecule has 0 bridgehead atoms. The Balaban J connectivity index is 1.04. The highest BCUT2D eigenvalue weighted by Gasteiger charge is 2.24. The van der Waals surface area contributed by atoms with E-state index in [0.29, 0.717) is 0 Å². The number of benzene rings is 10. The van der Waals surface area contributed by atoms with E-state index in [-0.39, 0.29) is 0 Å². The van der Waals surface area contributed by atoms with Crippen LogP contribution in [0.2, 0.25) is 0 Å². The lowest BCUT2D eigenvalue weighted by atomic mass is 9.90. The number of ether oxygens (including phenoxy) is 1. The zero-order chi connectivity index (χ0) is 39.8. The summed E-state index contributed by atoms with van der Waals surface area (Å²) in [4.78, 5) is 2.35. The van der Waals surface area contributed by atoms with Gasteiger partial charge >= 0.3 is 0 Å². The van der Waals surface area contributed by atoms with Crippen molar-refractivity contribution in [3.05, 3.63) is 237 Å². The second-order valence-corrected chi connectivity index (χ2v) is 15.3. The standard InChI is InChI=1S/C58H39NO/c1-4-12-40(13-5-1)43-20-22-44(23-21-43)46-26-31-51(32-27-46)59(50-29-24-45(25-30-50)41-14-6-2-7-15-41)52-33-35-58-56(39-52)54-37-48-19-11-10-18-47(48)36-53(54)55-38-49(28-34-57(55)60-58)42-16-8-3-9-17-42/h1-39H. The SMILES string of the molecule is c1ccc(-c2ccc(-c3ccc(N(c4ccc(-c5ccccc5)cc4)c4ccc5c(c4)-c4cc6ccccc6cc4-c4cc(-c6ccccc6)ccc4O5)cc3)cc2)cc1. The van der Waals surface area contributed by atoms with Gasteiger partial charge in [0.25, 0.3) is 0 Å². The van der Waals surface area contributed by atoms with Crippen LogP contribution in [0.5, 0.6) is 11.5 Å². The molecule has 11 rings (SSSR count). The van der Waals surface area contributed by atoms with E-state index in [1.54, 1.807) is 0 Å². The Hall–Kier alpha value is -7.94. The summed E-state index contributed by atoms with van der Waals surface area (Å²) in [5.41, 5.74) is 17.1. The smallest absolute Gasteiger partial charge is 0.135 e. The average molecular weight is 766 g/mol. The molecule has 0 atom stereocenters. The molecule has 0 fully saturated rings. The molecule has 10 aromatic carbocycles. The van der Waals surface area contributed by atoms with Gasteiger partial charge in [0.1, 0.15) is 11.5 Å². The maximum atomic E-state index is 6.90. The monoisotopic (exact) mass is 765 g/mol. The van der Waals surface area contributed by atoms with Crippen molar-refractivity contribution >= 4 is 27.8 Å². The van der Waals surface area contributed by atoms with Gasteiger partial charge in [-0.15, -0.1) is 0 Å². The Morgan fingerprint density at radius 1 is 0.233 bits per heavy atom. The van der Waals surface area contributed by atoms with Gasteiger partial charge in [0.2, 0.25) is 0 Å². The summed E-state index contributed by atoms with van der Waals surface area (Å²) in [5.74, 6) is 1.67. The summed E-state index contributed by atoms with van der Waals surface area (Å²) < 4.78 is 6.90. The van der Waals surface area contributed by atoms with E-state index in [4.69, 9.17) is 4.74 Å². The summed E-state index contributed by atoms with van der Waals surface area (Å²) in [6.45, 7) is 0. The summed E-state index contributed by atoms with van der Waals surface area (Å²) in [6.07, 6.45) is 0. The van der Waals surface area contributed by atoms with Crippen LogP contribution in [0.25, 0.3) is 77.5 Å². The highest BCUT2D eigenvalue weighted by Crippen LogP contribution is 2.51. The molecule has 2 heteroatoms. The summed E-state index contributed by atoms with van der Waals surface area (Å²) in [6, 6.07) is 84.8. The van der Waals surface area contributed by atoms with Crippen LogP contribution < -0.4 is 9.64 Å². The van der Waals surface area contributed by atoms with Crippen LogP contribution in [0.1, 0.15) is 0 Å². The lowest BCUT2D eigenvalue weighted by molar-refractivity contribution is 0.488. The first-order valence-corrected chi connectivity index (χ1v) is 20.5. The van der Waals surface area contributed by atoms with E-state index < -0.39 is 0 Å². The lowest BCUT2D eigenvalue weighted by Gasteiger charge is -2.27. The van der Waals surface area contributed by atoms with E-state index in [1.807, 2.05) is 0 Å². The molecule has 0 aromatic heterocycles. The lowest BCUT2D eigenvalue weighted by Crippen LogP contribution is -2.10. The molecule has 60 heavy (non-hydrogen) atoms. The second-order valence-electron chi connectivity index (χ2n) is 15.3. The maximum Gasteiger partial charge on any atom is 0.135 e. The summed E-state index contributed by atoms with van der Waals surface area (Å²) in [7, 11) is 0. The van der Waals surface area contributed by atoms with Gasteiger partial charge in [0.15, 0.2) is 0 Å². The quantitative estimate of drug-likeness (QED) is 0.160. The first-order chi connectivity index (χ1) is 29.7. The maximum absolute atomic E-state index is 6.90. The van der Waals surface area contributed by atoms with Crippen LogP contribution in [0.3, 0.4) is 0 Å². The van der Waals surface area contributed by atoms with Gasteiger partial charge in [-0.2, -0.15) is 0 Å². The molecule has 0 radical (unpaired) electrons. The highest BCUT2D eigenvalue weighted by atomic mass is 16.5. The Bertz CT molecular complexity index is 3120. The van der Waals surface area contributed by atoms with Crippen LogP contribution in [-0.2, 0) is 0 Å². The van der Waals surface area contributed by atoms with Crippen molar-refractivity contribution in [2.24, 2.45) is 0 Å². The van der Waals surface area contributed by atoms with Crippen molar-refractivity contribution in [2.75, 3.05) is 4.90 Å². The minimum absolute atomic E-state index is 0.829. The molecule has 0 unspecified atom stereocenters. The van der Waals surface area contributed by atoms with Gasteiger partial charge in [-0.25, -0.2) is 0 Å². The van der Waals surface area contributed by atoms with Gasteiger partial charge in [-0.3, -0.25) is 0 Å². The fraction of sp³-hybridized carbons (Fsp3) is 0. The molecule has 1 aliphatic heterocycles. The van der Waals surface area contributed by atoms with E-state index in [0.717, 1.165) is 56.4 Å². The highest BCUT2D eigenvalue weighted by molar-refractivity contribution is 6.01. The van der Waals surface area contributed by atoms with Gasteiger partial charge in [0.05, 0.1) is 0 Å². The number of hydrogen-bond donors (Lipinski definition) is 0. The van der Waals surface area contributed by atoms with Crippen molar-refractivity contribution in [1.29, 1.82) is 0 Å². The van der Waals surface area contributed by atoms with E-state index in [1.165, 1.54) is 49.7 Å². The molecule has 0 amide bonds. The second kappa shape index (κ2) is 15.1. The number of fused-ring (bicyclic) bond motifs is 6. The zero-order valence-corrected chi connectivity index (χ0v) is 32.9. The summed E-state index contributed by atoms with van der Waals surface area (Å²) in [5, 5.41) is 2.39. The number of hydrogen-bond acceptors (Lipinski definition) is 2. The Morgan fingerprint density at radius 3 is 1.03 bits per heavy atom. The van der Waals surface area contributed by atoms with E-state index in [2.05, 4.69) is 241 Å². The molecule has 10 aromatic rings. The molecular weight excluding hydrogens is 727 g/mol. The molecule has 282 valence electrons. The van der Waals surface area contributed by atoms with Gasteiger partial charge in [0, 0.05) is 28.2 Å². The summed E-state index contributed by atoms with van der Waals surface area (Å²) >= 11 is 0. The third-order valence-electron chi connectivity index (χ3n) is 11.7. The van der Waals surface area contributed by atoms with Crippen molar-refractivity contribution in [3.63, 3.8) is 0 Å². The zero-order valence-electron chi connectivity index (χ0n) is 32.9.